The van der Waals surface area contributed by atoms with Crippen LogP contribution in [0.15, 0.2) is 42.6 Å². The van der Waals surface area contributed by atoms with Crippen molar-refractivity contribution in [1.82, 2.24) is 4.90 Å². The van der Waals surface area contributed by atoms with E-state index in [1.807, 2.05) is 0 Å². The van der Waals surface area contributed by atoms with Gasteiger partial charge in [0.2, 0.25) is 0 Å². The molecule has 1 heterocycles. The Bertz CT molecular complexity index is 339. The Labute approximate surface area is 105 Å². The summed E-state index contributed by atoms with van der Waals surface area (Å²) >= 11 is 0. The van der Waals surface area contributed by atoms with Crippen LogP contribution in [0.2, 0.25) is 0 Å². The van der Waals surface area contributed by atoms with E-state index >= 15 is 0 Å². The number of likely N-dealkylation sites (N-methyl/N-ethyl adjacent to an activating group) is 1. The first-order chi connectivity index (χ1) is 8.36. The highest BCUT2D eigenvalue weighted by molar-refractivity contribution is 5.27. The molecule has 1 N–H and O–H groups in total. The minimum Gasteiger partial charge on any atom is -0.377 e. The van der Waals surface area contributed by atoms with Gasteiger partial charge in [0.25, 0.3) is 0 Å². The second-order valence-electron chi connectivity index (χ2n) is 4.83. The molecule has 0 radical (unpaired) electrons. The number of quaternary nitrogens is 1. The van der Waals surface area contributed by atoms with E-state index in [1.54, 1.807) is 0 Å². The Morgan fingerprint density at radius 3 is 2.53 bits per heavy atom. The highest BCUT2D eigenvalue weighted by atomic mass is 15.1. The van der Waals surface area contributed by atoms with E-state index in [0.29, 0.717) is 0 Å². The number of benzene rings is 1. The summed E-state index contributed by atoms with van der Waals surface area (Å²) in [6.45, 7) is 3.53. The summed E-state index contributed by atoms with van der Waals surface area (Å²) in [4.78, 5) is 3.89. The fraction of sp³-hybridized carbons (Fsp3) is 0.467. The molecule has 2 rings (SSSR count). The minimum atomic E-state index is 1.06. The normalized spacial score (nSPS) is 18.5. The SMILES string of the molecule is C[NH+](C/C=C/N1CCCCC1)c1ccccc1. The first-order valence-electron chi connectivity index (χ1n) is 6.65. The molecule has 0 bridgehead atoms. The Morgan fingerprint density at radius 1 is 1.12 bits per heavy atom. The first-order valence-corrected chi connectivity index (χ1v) is 6.65. The minimum absolute atomic E-state index is 1.06. The van der Waals surface area contributed by atoms with Gasteiger partial charge in [0.1, 0.15) is 12.2 Å². The molecule has 2 heteroatoms. The molecule has 1 aromatic carbocycles. The maximum Gasteiger partial charge on any atom is 0.131 e. The molecule has 17 heavy (non-hydrogen) atoms. The molecule has 0 saturated carbocycles. The highest BCUT2D eigenvalue weighted by Crippen LogP contribution is 2.08. The molecular weight excluding hydrogens is 208 g/mol. The van der Waals surface area contributed by atoms with Crippen molar-refractivity contribution in [3.05, 3.63) is 42.6 Å². The third-order valence-electron chi connectivity index (χ3n) is 3.40. The van der Waals surface area contributed by atoms with E-state index < -0.39 is 0 Å². The Balaban J connectivity index is 1.79. The van der Waals surface area contributed by atoms with E-state index in [4.69, 9.17) is 0 Å². The summed E-state index contributed by atoms with van der Waals surface area (Å²) < 4.78 is 0. The molecule has 1 aliphatic rings. The smallest absolute Gasteiger partial charge is 0.131 e. The lowest BCUT2D eigenvalue weighted by molar-refractivity contribution is -0.803. The second-order valence-corrected chi connectivity index (χ2v) is 4.83. The lowest BCUT2D eigenvalue weighted by Gasteiger charge is -2.24. The summed E-state index contributed by atoms with van der Waals surface area (Å²) in [5, 5.41) is 0. The first kappa shape index (κ1) is 12.2. The fourth-order valence-corrected chi connectivity index (χ4v) is 2.29. The second kappa shape index (κ2) is 6.45. The molecule has 92 valence electrons. The van der Waals surface area contributed by atoms with Gasteiger partial charge in [-0.15, -0.1) is 0 Å². The topological polar surface area (TPSA) is 7.68 Å². The zero-order valence-electron chi connectivity index (χ0n) is 10.7. The van der Waals surface area contributed by atoms with Crippen LogP contribution in [-0.4, -0.2) is 31.6 Å². The van der Waals surface area contributed by atoms with Crippen molar-refractivity contribution >= 4 is 5.69 Å². The molecule has 0 aliphatic carbocycles. The van der Waals surface area contributed by atoms with Crippen molar-refractivity contribution in [2.75, 3.05) is 26.7 Å². The fourth-order valence-electron chi connectivity index (χ4n) is 2.29. The van der Waals surface area contributed by atoms with Gasteiger partial charge in [-0.25, -0.2) is 0 Å². The summed E-state index contributed by atoms with van der Waals surface area (Å²) in [5.74, 6) is 0. The number of piperidine rings is 1. The number of para-hydroxylation sites is 1. The van der Waals surface area contributed by atoms with Gasteiger partial charge in [-0.1, -0.05) is 18.2 Å². The summed E-state index contributed by atoms with van der Waals surface area (Å²) in [7, 11) is 2.22. The quantitative estimate of drug-likeness (QED) is 0.831. The molecule has 0 amide bonds. The summed E-state index contributed by atoms with van der Waals surface area (Å²) in [6, 6.07) is 10.6. The van der Waals surface area contributed by atoms with Crippen molar-refractivity contribution in [2.45, 2.75) is 19.3 Å². The van der Waals surface area contributed by atoms with E-state index in [0.717, 1.165) is 6.54 Å². The van der Waals surface area contributed by atoms with Crippen molar-refractivity contribution in [3.8, 4) is 0 Å². The average Bonchev–Trinajstić information content (AvgIpc) is 2.41. The van der Waals surface area contributed by atoms with Gasteiger partial charge in [-0.2, -0.15) is 0 Å². The number of nitrogens with one attached hydrogen (secondary N) is 1. The summed E-state index contributed by atoms with van der Waals surface area (Å²) in [5.41, 5.74) is 1.36. The molecule has 0 spiro atoms. The van der Waals surface area contributed by atoms with Crippen LogP contribution in [-0.2, 0) is 0 Å². The van der Waals surface area contributed by atoms with Gasteiger partial charge in [0.15, 0.2) is 0 Å². The molecule has 0 aromatic heterocycles. The van der Waals surface area contributed by atoms with Crippen molar-refractivity contribution < 1.29 is 4.90 Å². The van der Waals surface area contributed by atoms with Crippen LogP contribution < -0.4 is 4.90 Å². The van der Waals surface area contributed by atoms with Crippen molar-refractivity contribution in [1.29, 1.82) is 0 Å². The van der Waals surface area contributed by atoms with Crippen LogP contribution in [0.4, 0.5) is 5.69 Å². The summed E-state index contributed by atoms with van der Waals surface area (Å²) in [6.07, 6.45) is 8.69. The standard InChI is InChI=1S/C15H22N2/c1-16(15-9-4-2-5-10-15)11-8-14-17-12-6-3-7-13-17/h2,4-5,8-10,14H,3,6-7,11-13H2,1H3/p+1/b14-8+. The predicted molar refractivity (Wildman–Crippen MR) is 72.4 cm³/mol. The predicted octanol–water partition coefficient (Wildman–Crippen LogP) is 1.83. The lowest BCUT2D eigenvalue weighted by atomic mass is 10.1. The van der Waals surface area contributed by atoms with Crippen LogP contribution >= 0.6 is 0 Å². The number of nitrogens with zero attached hydrogens (tertiary/aromatic N) is 1. The van der Waals surface area contributed by atoms with E-state index in [2.05, 4.69) is 54.6 Å². The van der Waals surface area contributed by atoms with E-state index in [1.165, 1.54) is 42.9 Å². The third kappa shape index (κ3) is 3.90. The molecule has 1 fully saturated rings. The van der Waals surface area contributed by atoms with Gasteiger partial charge in [-0.05, 0) is 37.5 Å². The van der Waals surface area contributed by atoms with Gasteiger partial charge in [-0.3, -0.25) is 0 Å². The largest absolute Gasteiger partial charge is 0.377 e. The van der Waals surface area contributed by atoms with Crippen LogP contribution in [0.5, 0.6) is 0 Å². The lowest BCUT2D eigenvalue weighted by Crippen LogP contribution is -3.03. The monoisotopic (exact) mass is 231 g/mol. The number of hydrogen-bond acceptors (Lipinski definition) is 1. The van der Waals surface area contributed by atoms with Crippen LogP contribution in [0, 0.1) is 0 Å². The van der Waals surface area contributed by atoms with Crippen LogP contribution in [0.1, 0.15) is 19.3 Å². The third-order valence-corrected chi connectivity index (χ3v) is 3.40. The maximum atomic E-state index is 2.45. The Kier molecular flexibility index (Phi) is 4.63. The highest BCUT2D eigenvalue weighted by Gasteiger charge is 2.06. The molecule has 1 unspecified atom stereocenters. The van der Waals surface area contributed by atoms with Gasteiger partial charge < -0.3 is 9.80 Å². The average molecular weight is 231 g/mol. The number of hydrogen-bond donors (Lipinski definition) is 1. The van der Waals surface area contributed by atoms with E-state index in [-0.39, 0.29) is 0 Å². The van der Waals surface area contributed by atoms with Crippen molar-refractivity contribution in [3.63, 3.8) is 0 Å². The van der Waals surface area contributed by atoms with Crippen LogP contribution in [0.25, 0.3) is 0 Å². The molecular formula is C15H23N2+. The molecule has 1 aromatic rings. The number of likely N-dealkylation sites (tertiary alicyclic amines) is 1. The van der Waals surface area contributed by atoms with Gasteiger partial charge in [0, 0.05) is 19.3 Å². The number of rotatable bonds is 4. The van der Waals surface area contributed by atoms with Gasteiger partial charge in [0.05, 0.1) is 7.05 Å². The van der Waals surface area contributed by atoms with Crippen molar-refractivity contribution in [2.24, 2.45) is 0 Å². The Morgan fingerprint density at radius 2 is 1.82 bits per heavy atom. The molecule has 1 saturated heterocycles. The van der Waals surface area contributed by atoms with Gasteiger partial charge >= 0.3 is 0 Å². The molecule has 1 aliphatic heterocycles. The zero-order valence-corrected chi connectivity index (χ0v) is 10.7. The van der Waals surface area contributed by atoms with E-state index in [9.17, 15) is 0 Å². The van der Waals surface area contributed by atoms with Crippen LogP contribution in [0.3, 0.4) is 0 Å². The Hall–Kier alpha value is -1.28. The molecule has 1 atom stereocenters. The molecule has 2 nitrogen and oxygen atoms in total. The zero-order chi connectivity index (χ0) is 11.9. The maximum absolute atomic E-state index is 2.45.